The fourth-order valence-corrected chi connectivity index (χ4v) is 2.79. The van der Waals surface area contributed by atoms with E-state index >= 15 is 0 Å². The average Bonchev–Trinajstić information content (AvgIpc) is 2.70. The second kappa shape index (κ2) is 9.25. The lowest BCUT2D eigenvalue weighted by Gasteiger charge is -2.10. The molecule has 0 spiro atoms. The van der Waals surface area contributed by atoms with Gasteiger partial charge in [0.2, 0.25) is 0 Å². The highest BCUT2D eigenvalue weighted by Gasteiger charge is 2.00. The zero-order valence-corrected chi connectivity index (χ0v) is 15.5. The van der Waals surface area contributed by atoms with Crippen molar-refractivity contribution in [2.45, 2.75) is 6.92 Å². The number of benzene rings is 3. The van der Waals surface area contributed by atoms with Crippen molar-refractivity contribution in [1.82, 2.24) is 0 Å². The maximum atomic E-state index is 3.76. The fourth-order valence-electron chi connectivity index (χ4n) is 2.79. The molecule has 134 valence electrons. The molecule has 0 amide bonds. The number of anilines is 3. The average molecular weight is 352 g/mol. The van der Waals surface area contributed by atoms with E-state index in [1.807, 2.05) is 43.4 Å². The Morgan fingerprint density at radius 3 is 1.85 bits per heavy atom. The molecule has 3 aromatic rings. The summed E-state index contributed by atoms with van der Waals surface area (Å²) >= 11 is 0. The Kier molecular flexibility index (Phi) is 6.26. The second-order valence-electron chi connectivity index (χ2n) is 6.13. The van der Waals surface area contributed by atoms with Crippen LogP contribution in [0.3, 0.4) is 0 Å². The van der Waals surface area contributed by atoms with Crippen LogP contribution in [0.5, 0.6) is 0 Å². The molecule has 2 heteroatoms. The van der Waals surface area contributed by atoms with Crippen molar-refractivity contribution in [2.75, 3.05) is 10.6 Å². The highest BCUT2D eigenvalue weighted by molar-refractivity contribution is 5.70. The van der Waals surface area contributed by atoms with Crippen LogP contribution in [0.1, 0.15) is 6.92 Å². The zero-order chi connectivity index (χ0) is 18.9. The zero-order valence-electron chi connectivity index (χ0n) is 15.5. The van der Waals surface area contributed by atoms with Crippen LogP contribution in [0.25, 0.3) is 11.1 Å². The van der Waals surface area contributed by atoms with E-state index in [0.29, 0.717) is 0 Å². The molecule has 0 saturated heterocycles. The topological polar surface area (TPSA) is 24.1 Å². The molecule has 0 fully saturated rings. The van der Waals surface area contributed by atoms with E-state index in [0.717, 1.165) is 22.8 Å². The molecule has 0 saturated carbocycles. The first-order valence-electron chi connectivity index (χ1n) is 9.03. The van der Waals surface area contributed by atoms with Crippen LogP contribution in [-0.4, -0.2) is 0 Å². The number of rotatable bonds is 7. The van der Waals surface area contributed by atoms with E-state index < -0.39 is 0 Å². The Balaban J connectivity index is 1.69. The van der Waals surface area contributed by atoms with Crippen molar-refractivity contribution in [3.05, 3.63) is 115 Å². The largest absolute Gasteiger partial charge is 0.356 e. The second-order valence-corrected chi connectivity index (χ2v) is 6.13. The van der Waals surface area contributed by atoms with Crippen molar-refractivity contribution in [2.24, 2.45) is 0 Å². The highest BCUT2D eigenvalue weighted by atomic mass is 14.9. The molecule has 0 aliphatic rings. The smallest absolute Gasteiger partial charge is 0.0384 e. The van der Waals surface area contributed by atoms with Gasteiger partial charge in [0.05, 0.1) is 0 Å². The summed E-state index contributed by atoms with van der Waals surface area (Å²) in [6.45, 7) is 5.75. The van der Waals surface area contributed by atoms with E-state index in [1.165, 1.54) is 11.1 Å². The molecule has 0 aromatic heterocycles. The van der Waals surface area contributed by atoms with Gasteiger partial charge in [0.25, 0.3) is 0 Å². The van der Waals surface area contributed by atoms with Crippen LogP contribution in [0.15, 0.2) is 115 Å². The van der Waals surface area contributed by atoms with Crippen molar-refractivity contribution in [3.63, 3.8) is 0 Å². The molecule has 0 radical (unpaired) electrons. The summed E-state index contributed by atoms with van der Waals surface area (Å²) in [5.41, 5.74) is 6.60. The van der Waals surface area contributed by atoms with Crippen molar-refractivity contribution >= 4 is 17.1 Å². The van der Waals surface area contributed by atoms with Gasteiger partial charge in [-0.1, -0.05) is 61.2 Å². The standard InChI is InChI=1S/C25H24N2/c1-3-8-22(9-4-2)26-24-16-12-20(13-17-24)21-14-18-25(19-15-21)27-23-10-6-5-7-11-23/h3-19,26-27H,1H2,2H3/b9-4-,22-8+. The summed E-state index contributed by atoms with van der Waals surface area (Å²) < 4.78 is 0. The lowest BCUT2D eigenvalue weighted by Crippen LogP contribution is -1.96. The summed E-state index contributed by atoms with van der Waals surface area (Å²) in [4.78, 5) is 0. The summed E-state index contributed by atoms with van der Waals surface area (Å²) in [6.07, 6.45) is 7.75. The van der Waals surface area contributed by atoms with E-state index in [9.17, 15) is 0 Å². The molecular weight excluding hydrogens is 328 g/mol. The van der Waals surface area contributed by atoms with Crippen LogP contribution >= 0.6 is 0 Å². The van der Waals surface area contributed by atoms with Gasteiger partial charge in [-0.3, -0.25) is 0 Å². The minimum absolute atomic E-state index is 1.01. The van der Waals surface area contributed by atoms with Crippen molar-refractivity contribution < 1.29 is 0 Å². The van der Waals surface area contributed by atoms with Crippen LogP contribution in [0.2, 0.25) is 0 Å². The van der Waals surface area contributed by atoms with Crippen LogP contribution < -0.4 is 10.6 Å². The molecule has 27 heavy (non-hydrogen) atoms. The van der Waals surface area contributed by atoms with Gasteiger partial charge < -0.3 is 10.6 Å². The Labute approximate surface area is 161 Å². The molecule has 2 nitrogen and oxygen atoms in total. The fraction of sp³-hybridized carbons (Fsp3) is 0.0400. The normalized spacial score (nSPS) is 11.4. The summed E-state index contributed by atoms with van der Waals surface area (Å²) in [5.74, 6) is 0. The van der Waals surface area contributed by atoms with Gasteiger partial charge in [0.15, 0.2) is 0 Å². The quantitative estimate of drug-likeness (QED) is 0.441. The predicted octanol–water partition coefficient (Wildman–Crippen LogP) is 7.16. The Hall–Kier alpha value is -3.52. The first kappa shape index (κ1) is 18.3. The number of allylic oxidation sites excluding steroid dienone is 4. The molecule has 0 atom stereocenters. The molecule has 3 rings (SSSR count). The molecule has 0 aliphatic carbocycles. The van der Waals surface area contributed by atoms with Gasteiger partial charge in [-0.25, -0.2) is 0 Å². The van der Waals surface area contributed by atoms with Gasteiger partial charge in [-0.2, -0.15) is 0 Å². The van der Waals surface area contributed by atoms with E-state index in [1.54, 1.807) is 6.08 Å². The third kappa shape index (κ3) is 5.23. The van der Waals surface area contributed by atoms with Gasteiger partial charge in [0.1, 0.15) is 0 Å². The SMILES string of the molecule is C=C/C=C(\C=C/C)Nc1ccc(-c2ccc(Nc3ccccc3)cc2)cc1. The Morgan fingerprint density at radius 2 is 1.30 bits per heavy atom. The van der Waals surface area contributed by atoms with Gasteiger partial charge in [-0.15, -0.1) is 0 Å². The summed E-state index contributed by atoms with van der Waals surface area (Å²) in [7, 11) is 0. The molecule has 0 aliphatic heterocycles. The molecule has 2 N–H and O–H groups in total. The molecule has 0 unspecified atom stereocenters. The number of nitrogens with one attached hydrogen (secondary N) is 2. The van der Waals surface area contributed by atoms with Crippen molar-refractivity contribution in [3.8, 4) is 11.1 Å². The van der Waals surface area contributed by atoms with Gasteiger partial charge in [0, 0.05) is 22.8 Å². The lowest BCUT2D eigenvalue weighted by molar-refractivity contribution is 1.46. The predicted molar refractivity (Wildman–Crippen MR) is 118 cm³/mol. The number of hydrogen-bond acceptors (Lipinski definition) is 2. The third-order valence-corrected chi connectivity index (χ3v) is 4.10. The lowest BCUT2D eigenvalue weighted by atomic mass is 10.0. The van der Waals surface area contributed by atoms with Gasteiger partial charge >= 0.3 is 0 Å². The Morgan fingerprint density at radius 1 is 0.741 bits per heavy atom. The highest BCUT2D eigenvalue weighted by Crippen LogP contribution is 2.25. The monoisotopic (exact) mass is 352 g/mol. The maximum Gasteiger partial charge on any atom is 0.0384 e. The summed E-state index contributed by atoms with van der Waals surface area (Å²) in [5, 5.41) is 6.80. The van der Waals surface area contributed by atoms with E-state index in [-0.39, 0.29) is 0 Å². The number of hydrogen-bond donors (Lipinski definition) is 2. The minimum atomic E-state index is 1.01. The van der Waals surface area contributed by atoms with Crippen LogP contribution in [0, 0.1) is 0 Å². The van der Waals surface area contributed by atoms with E-state index in [4.69, 9.17) is 0 Å². The molecular formula is C25H24N2. The third-order valence-electron chi connectivity index (χ3n) is 4.10. The van der Waals surface area contributed by atoms with Crippen LogP contribution in [-0.2, 0) is 0 Å². The number of para-hydroxylation sites is 1. The van der Waals surface area contributed by atoms with E-state index in [2.05, 4.69) is 77.9 Å². The minimum Gasteiger partial charge on any atom is -0.356 e. The first-order chi connectivity index (χ1) is 13.3. The van der Waals surface area contributed by atoms with Crippen LogP contribution in [0.4, 0.5) is 17.1 Å². The van der Waals surface area contributed by atoms with Gasteiger partial charge in [-0.05, 0) is 66.6 Å². The molecule has 3 aromatic carbocycles. The maximum absolute atomic E-state index is 3.76. The molecule has 0 heterocycles. The van der Waals surface area contributed by atoms with Crippen molar-refractivity contribution in [1.29, 1.82) is 0 Å². The molecule has 0 bridgehead atoms. The Bertz CT molecular complexity index is 918. The summed E-state index contributed by atoms with van der Waals surface area (Å²) in [6, 6.07) is 27.1. The first-order valence-corrected chi connectivity index (χ1v) is 9.03.